The molecule has 1 aliphatic heterocycles. The Bertz CT molecular complexity index is 922. The van der Waals surface area contributed by atoms with Gasteiger partial charge < -0.3 is 5.11 Å². The van der Waals surface area contributed by atoms with Crippen LogP contribution in [0.1, 0.15) is 32.6 Å². The maximum atomic E-state index is 12.9. The second-order valence-corrected chi connectivity index (χ2v) is 7.89. The molecule has 6 nitrogen and oxygen atoms in total. The Balaban J connectivity index is 1.98. The van der Waals surface area contributed by atoms with Gasteiger partial charge in [-0.05, 0) is 43.0 Å². The highest BCUT2D eigenvalue weighted by molar-refractivity contribution is 7.89. The lowest BCUT2D eigenvalue weighted by Gasteiger charge is -2.29. The van der Waals surface area contributed by atoms with Crippen LogP contribution in [0.25, 0.3) is 0 Å². The number of carboxylic acids is 1. The van der Waals surface area contributed by atoms with Gasteiger partial charge in [0.2, 0.25) is 10.0 Å². The number of pyridine rings is 1. The molecule has 0 saturated heterocycles. The van der Waals surface area contributed by atoms with Crippen molar-refractivity contribution in [1.29, 1.82) is 0 Å². The molecule has 0 atom stereocenters. The van der Waals surface area contributed by atoms with Crippen LogP contribution in [0.2, 0.25) is 0 Å². The van der Waals surface area contributed by atoms with Gasteiger partial charge in [0.25, 0.3) is 0 Å². The number of aryl methyl sites for hydroxylation is 2. The van der Waals surface area contributed by atoms with Crippen LogP contribution in [0.15, 0.2) is 35.5 Å². The molecule has 3 rings (SSSR count). The van der Waals surface area contributed by atoms with Gasteiger partial charge in [-0.25, -0.2) is 13.2 Å². The zero-order chi connectivity index (χ0) is 17.5. The Kier molecular flexibility index (Phi) is 4.15. The summed E-state index contributed by atoms with van der Waals surface area (Å²) in [5.41, 5.74) is 3.18. The summed E-state index contributed by atoms with van der Waals surface area (Å²) in [6.45, 7) is 4.09. The number of hydrogen-bond acceptors (Lipinski definition) is 4. The minimum Gasteiger partial charge on any atom is -0.478 e. The molecule has 7 heteroatoms. The van der Waals surface area contributed by atoms with E-state index in [-0.39, 0.29) is 18.7 Å². The molecule has 0 unspecified atom stereocenters. The predicted molar refractivity (Wildman–Crippen MR) is 88.4 cm³/mol. The second kappa shape index (κ2) is 5.99. The fourth-order valence-electron chi connectivity index (χ4n) is 3.08. The molecule has 24 heavy (non-hydrogen) atoms. The summed E-state index contributed by atoms with van der Waals surface area (Å²) in [6, 6.07) is 5.25. The van der Waals surface area contributed by atoms with E-state index in [1.807, 2.05) is 13.0 Å². The van der Waals surface area contributed by atoms with Crippen LogP contribution in [0.4, 0.5) is 0 Å². The summed E-state index contributed by atoms with van der Waals surface area (Å²) in [7, 11) is -3.63. The van der Waals surface area contributed by atoms with Crippen LogP contribution < -0.4 is 0 Å². The van der Waals surface area contributed by atoms with Crippen LogP contribution in [-0.4, -0.2) is 35.3 Å². The van der Waals surface area contributed by atoms with Crippen LogP contribution in [-0.2, 0) is 23.0 Å². The number of aromatic carboxylic acids is 1. The number of nitrogens with zero attached hydrogens (tertiary/aromatic N) is 2. The molecular formula is C17H18N2O4S. The van der Waals surface area contributed by atoms with E-state index in [1.54, 1.807) is 25.3 Å². The monoisotopic (exact) mass is 346 g/mol. The van der Waals surface area contributed by atoms with E-state index in [1.165, 1.54) is 10.5 Å². The fraction of sp³-hybridized carbons (Fsp3) is 0.294. The molecule has 1 aromatic carbocycles. The molecule has 126 valence electrons. The maximum Gasteiger partial charge on any atom is 0.337 e. The molecule has 0 amide bonds. The molecule has 1 N–H and O–H groups in total. The van der Waals surface area contributed by atoms with E-state index in [0.29, 0.717) is 28.0 Å². The number of benzene rings is 1. The van der Waals surface area contributed by atoms with Crippen LogP contribution in [0.5, 0.6) is 0 Å². The van der Waals surface area contributed by atoms with E-state index < -0.39 is 16.0 Å². The van der Waals surface area contributed by atoms with Gasteiger partial charge in [-0.2, -0.15) is 4.31 Å². The minimum absolute atomic E-state index is 0.138. The van der Waals surface area contributed by atoms with Gasteiger partial charge in [-0.3, -0.25) is 4.98 Å². The largest absolute Gasteiger partial charge is 0.478 e. The summed E-state index contributed by atoms with van der Waals surface area (Å²) in [5, 5.41) is 9.24. The lowest BCUT2D eigenvalue weighted by atomic mass is 9.98. The van der Waals surface area contributed by atoms with Crippen molar-refractivity contribution >= 4 is 16.0 Å². The lowest BCUT2D eigenvalue weighted by molar-refractivity contribution is 0.0694. The third-order valence-electron chi connectivity index (χ3n) is 4.28. The normalized spacial score (nSPS) is 15.1. The summed E-state index contributed by atoms with van der Waals surface area (Å²) in [5.74, 6) is -1.04. The summed E-state index contributed by atoms with van der Waals surface area (Å²) < 4.78 is 27.3. The minimum atomic E-state index is -3.63. The molecule has 0 bridgehead atoms. The quantitative estimate of drug-likeness (QED) is 0.920. The number of fused-ring (bicyclic) bond motifs is 1. The van der Waals surface area contributed by atoms with E-state index in [0.717, 1.165) is 5.56 Å². The second-order valence-electron chi connectivity index (χ2n) is 5.99. The Morgan fingerprint density at radius 2 is 2.00 bits per heavy atom. The van der Waals surface area contributed by atoms with Gasteiger partial charge in [0, 0.05) is 25.5 Å². The van der Waals surface area contributed by atoms with Gasteiger partial charge in [-0.15, -0.1) is 0 Å². The van der Waals surface area contributed by atoms with Gasteiger partial charge >= 0.3 is 5.97 Å². The molecule has 0 fully saturated rings. The first-order valence-electron chi connectivity index (χ1n) is 7.57. The first-order chi connectivity index (χ1) is 11.3. The van der Waals surface area contributed by atoms with Crippen LogP contribution in [0, 0.1) is 13.8 Å². The summed E-state index contributed by atoms with van der Waals surface area (Å²) in [6.07, 6.45) is 3.23. The van der Waals surface area contributed by atoms with Gasteiger partial charge in [-0.1, -0.05) is 17.7 Å². The molecule has 0 spiro atoms. The molecule has 0 aliphatic carbocycles. The maximum absolute atomic E-state index is 12.9. The van der Waals surface area contributed by atoms with Gasteiger partial charge in [0.1, 0.15) is 0 Å². The number of rotatable bonds is 3. The van der Waals surface area contributed by atoms with Crippen molar-refractivity contribution in [2.45, 2.75) is 31.7 Å². The van der Waals surface area contributed by atoms with E-state index in [4.69, 9.17) is 0 Å². The average Bonchev–Trinajstić information content (AvgIpc) is 2.53. The summed E-state index contributed by atoms with van der Waals surface area (Å²) in [4.78, 5) is 15.5. The lowest BCUT2D eigenvalue weighted by Crippen LogP contribution is -2.37. The van der Waals surface area contributed by atoms with E-state index in [9.17, 15) is 18.3 Å². The number of carboxylic acid groups (broad SMARTS) is 1. The SMILES string of the molecule is Cc1ccc(S(=O)(=O)N2CCc3c(cncc3C(=O)O)C2)c(C)c1. The summed E-state index contributed by atoms with van der Waals surface area (Å²) >= 11 is 0. The average molecular weight is 346 g/mol. The molecule has 0 radical (unpaired) electrons. The Morgan fingerprint density at radius 1 is 1.25 bits per heavy atom. The van der Waals surface area contributed by atoms with Crippen LogP contribution in [0.3, 0.4) is 0 Å². The van der Waals surface area contributed by atoms with Gasteiger partial charge in [0.15, 0.2) is 0 Å². The Labute approximate surface area is 140 Å². The zero-order valence-corrected chi connectivity index (χ0v) is 14.3. The van der Waals surface area contributed by atoms with Crippen molar-refractivity contribution in [3.63, 3.8) is 0 Å². The van der Waals surface area contributed by atoms with E-state index >= 15 is 0 Å². The number of aromatic nitrogens is 1. The molecule has 2 aromatic rings. The molecule has 0 saturated carbocycles. The van der Waals surface area contributed by atoms with Crippen molar-refractivity contribution in [3.8, 4) is 0 Å². The highest BCUT2D eigenvalue weighted by Crippen LogP contribution is 2.28. The topological polar surface area (TPSA) is 87.6 Å². The standard InChI is InChI=1S/C17H18N2O4S/c1-11-3-4-16(12(2)7-11)24(22,23)19-6-5-14-13(10-19)8-18-9-15(14)17(20)21/h3-4,7-9H,5-6,10H2,1-2H3,(H,20,21). The van der Waals surface area contributed by atoms with Crippen molar-refractivity contribution in [2.75, 3.05) is 6.54 Å². The third-order valence-corrected chi connectivity index (χ3v) is 6.29. The van der Waals surface area contributed by atoms with Gasteiger partial charge in [0.05, 0.1) is 10.5 Å². The van der Waals surface area contributed by atoms with Crippen LogP contribution >= 0.6 is 0 Å². The third kappa shape index (κ3) is 2.81. The highest BCUT2D eigenvalue weighted by atomic mass is 32.2. The van der Waals surface area contributed by atoms with E-state index in [2.05, 4.69) is 4.98 Å². The molecule has 1 aliphatic rings. The first kappa shape index (κ1) is 16.6. The molecule has 1 aromatic heterocycles. The first-order valence-corrected chi connectivity index (χ1v) is 9.01. The van der Waals surface area contributed by atoms with Crippen molar-refractivity contribution in [3.05, 3.63) is 58.4 Å². The Hall–Kier alpha value is -2.25. The predicted octanol–water partition coefficient (Wildman–Crippen LogP) is 2.14. The zero-order valence-electron chi connectivity index (χ0n) is 13.5. The number of sulfonamides is 1. The van der Waals surface area contributed by atoms with Crippen molar-refractivity contribution in [1.82, 2.24) is 9.29 Å². The number of hydrogen-bond donors (Lipinski definition) is 1. The van der Waals surface area contributed by atoms with Crippen molar-refractivity contribution in [2.24, 2.45) is 0 Å². The fourth-order valence-corrected chi connectivity index (χ4v) is 4.71. The molecule has 2 heterocycles. The smallest absolute Gasteiger partial charge is 0.337 e. The molecular weight excluding hydrogens is 328 g/mol. The Morgan fingerprint density at radius 3 is 2.67 bits per heavy atom. The number of carbonyl (C=O) groups is 1. The van der Waals surface area contributed by atoms with Crippen molar-refractivity contribution < 1.29 is 18.3 Å². The highest BCUT2D eigenvalue weighted by Gasteiger charge is 2.31.